The maximum atomic E-state index is 12.5. The van der Waals surface area contributed by atoms with Crippen LogP contribution in [0, 0.1) is 0 Å². The van der Waals surface area contributed by atoms with Crippen LogP contribution in [0.25, 0.3) is 42.9 Å². The molecule has 0 aliphatic carbocycles. The Hall–Kier alpha value is -6.26. The summed E-state index contributed by atoms with van der Waals surface area (Å²) in [6.07, 6.45) is 3.07. The number of halogens is 2. The average Bonchev–Trinajstić information content (AvgIpc) is 3.82. The van der Waals surface area contributed by atoms with Gasteiger partial charge in [-0.05, 0) is 48.5 Å². The number of amides is 1. The number of hydrogen-bond donors (Lipinski definition) is 5. The SMILES string of the molecule is Nc1nnc(-c2ccc(Cl)cc2)s1.O=C(Nc1nnc(-c2ccc(Cl)cc2)s1)c1ccc2cccnc2c1O.O=C(O)c1ccc2cccnc2c1O. The lowest BCUT2D eigenvalue weighted by molar-refractivity contribution is 0.0693. The van der Waals surface area contributed by atoms with Gasteiger partial charge in [0.1, 0.15) is 26.6 Å². The largest absolute Gasteiger partial charge is 0.505 e. The van der Waals surface area contributed by atoms with Gasteiger partial charge in [0.2, 0.25) is 10.3 Å². The topological polar surface area (TPSA) is 210 Å². The fourth-order valence-corrected chi connectivity index (χ4v) is 6.32. The second-order valence-electron chi connectivity index (χ2n) is 10.7. The number of phenols is 2. The number of nitrogens with zero attached hydrogens (tertiary/aromatic N) is 6. The number of hydrogen-bond acceptors (Lipinski definition) is 13. The van der Waals surface area contributed by atoms with Crippen molar-refractivity contribution in [3.05, 3.63) is 131 Å². The molecule has 8 aromatic rings. The molecule has 6 N–H and O–H groups in total. The summed E-state index contributed by atoms with van der Waals surface area (Å²) in [5.74, 6) is -2.08. The van der Waals surface area contributed by atoms with Crippen LogP contribution in [0.2, 0.25) is 10.0 Å². The number of pyridine rings is 2. The maximum Gasteiger partial charge on any atom is 0.339 e. The first-order chi connectivity index (χ1) is 25.6. The summed E-state index contributed by atoms with van der Waals surface area (Å²) >= 11 is 14.2. The number of nitrogens with one attached hydrogen (secondary N) is 1. The molecule has 4 aromatic heterocycles. The number of rotatable bonds is 5. The quantitative estimate of drug-likeness (QED) is 0.111. The van der Waals surface area contributed by atoms with Gasteiger partial charge in [-0.2, -0.15) is 0 Å². The van der Waals surface area contributed by atoms with Crippen LogP contribution in [-0.2, 0) is 0 Å². The number of fused-ring (bicyclic) bond motifs is 2. The first-order valence-electron chi connectivity index (χ1n) is 15.2. The second-order valence-corrected chi connectivity index (χ2v) is 13.6. The molecule has 0 saturated heterocycles. The highest BCUT2D eigenvalue weighted by Crippen LogP contribution is 2.31. The number of aromatic hydroxyl groups is 2. The van der Waals surface area contributed by atoms with Crippen LogP contribution in [0.4, 0.5) is 10.3 Å². The third-order valence-electron chi connectivity index (χ3n) is 7.24. The van der Waals surface area contributed by atoms with Crippen LogP contribution in [-0.4, -0.2) is 57.6 Å². The van der Waals surface area contributed by atoms with E-state index in [2.05, 4.69) is 35.7 Å². The van der Waals surface area contributed by atoms with Crippen molar-refractivity contribution in [2.45, 2.75) is 0 Å². The molecule has 0 bridgehead atoms. The van der Waals surface area contributed by atoms with Crippen molar-refractivity contribution in [3.63, 3.8) is 0 Å². The van der Waals surface area contributed by atoms with Crippen LogP contribution < -0.4 is 11.1 Å². The van der Waals surface area contributed by atoms with Crippen LogP contribution in [0.1, 0.15) is 20.7 Å². The Morgan fingerprint density at radius 2 is 1.11 bits per heavy atom. The standard InChI is InChI=1S/C18H11ClN4O2S.C10H7NO3.C8H6ClN3S/c19-12-6-3-11(4-7-12)17-22-23-18(26-17)21-16(25)13-8-5-10-2-1-9-20-14(10)15(13)24;12-9-7(10(13)14)4-3-6-2-1-5-11-8(6)9;9-6-3-1-5(2-4-6)7-11-12-8(10)13-7/h1-9,24H,(H,21,23,25);1-5,12H,(H,13,14);1-4H,(H2,10,12). The van der Waals surface area contributed by atoms with E-state index >= 15 is 0 Å². The third kappa shape index (κ3) is 8.80. The molecular weight excluding hydrogens is 759 g/mol. The summed E-state index contributed by atoms with van der Waals surface area (Å²) < 4.78 is 0. The molecular formula is C36H24Cl2N8O5S2. The summed E-state index contributed by atoms with van der Waals surface area (Å²) in [7, 11) is 0. The van der Waals surface area contributed by atoms with Crippen LogP contribution in [0.5, 0.6) is 11.5 Å². The fourth-order valence-electron chi connectivity index (χ4n) is 4.71. The molecule has 0 aliphatic heterocycles. The minimum absolute atomic E-state index is 0.124. The Bertz CT molecular complexity index is 2570. The zero-order valence-corrected chi connectivity index (χ0v) is 30.0. The van der Waals surface area contributed by atoms with Crippen LogP contribution >= 0.6 is 45.9 Å². The van der Waals surface area contributed by atoms with E-state index in [0.717, 1.165) is 26.9 Å². The van der Waals surface area contributed by atoms with Crippen molar-refractivity contribution in [3.8, 4) is 32.6 Å². The molecule has 0 aliphatic rings. The molecule has 0 atom stereocenters. The number of aromatic nitrogens is 6. The van der Waals surface area contributed by atoms with Crippen molar-refractivity contribution in [1.29, 1.82) is 0 Å². The molecule has 0 saturated carbocycles. The van der Waals surface area contributed by atoms with Gasteiger partial charge in [-0.1, -0.05) is 94.4 Å². The van der Waals surface area contributed by atoms with E-state index in [0.29, 0.717) is 36.3 Å². The molecule has 1 amide bonds. The lowest BCUT2D eigenvalue weighted by Gasteiger charge is -2.06. The number of phenolic OH excluding ortho intramolecular Hbond substituents is 1. The summed E-state index contributed by atoms with van der Waals surface area (Å²) in [6, 6.07) is 27.9. The molecule has 0 unspecified atom stereocenters. The number of carboxylic acid groups (broad SMARTS) is 1. The van der Waals surface area contributed by atoms with E-state index < -0.39 is 11.9 Å². The van der Waals surface area contributed by atoms with Crippen molar-refractivity contribution >= 4 is 89.8 Å². The molecule has 13 nitrogen and oxygen atoms in total. The van der Waals surface area contributed by atoms with Crippen molar-refractivity contribution < 1.29 is 24.9 Å². The van der Waals surface area contributed by atoms with Gasteiger partial charge >= 0.3 is 5.97 Å². The molecule has 4 aromatic carbocycles. The molecule has 264 valence electrons. The van der Waals surface area contributed by atoms with E-state index in [9.17, 15) is 19.8 Å². The molecule has 0 fully saturated rings. The molecule has 53 heavy (non-hydrogen) atoms. The summed E-state index contributed by atoms with van der Waals surface area (Å²) in [5.41, 5.74) is 7.98. The van der Waals surface area contributed by atoms with E-state index in [-0.39, 0.29) is 22.6 Å². The minimum atomic E-state index is -1.16. The highest BCUT2D eigenvalue weighted by Gasteiger charge is 2.17. The van der Waals surface area contributed by atoms with E-state index in [1.807, 2.05) is 42.5 Å². The average molecular weight is 784 g/mol. The molecule has 4 heterocycles. The Morgan fingerprint density at radius 1 is 0.623 bits per heavy atom. The Balaban J connectivity index is 0.000000150. The van der Waals surface area contributed by atoms with Crippen LogP contribution in [0.3, 0.4) is 0 Å². The van der Waals surface area contributed by atoms with Crippen molar-refractivity contribution in [2.75, 3.05) is 11.1 Å². The van der Waals surface area contributed by atoms with Crippen molar-refractivity contribution in [2.24, 2.45) is 0 Å². The van der Waals surface area contributed by atoms with Gasteiger partial charge in [-0.15, -0.1) is 20.4 Å². The van der Waals surface area contributed by atoms with Gasteiger partial charge < -0.3 is 21.1 Å². The van der Waals surface area contributed by atoms with E-state index in [1.165, 1.54) is 34.9 Å². The van der Waals surface area contributed by atoms with E-state index in [4.69, 9.17) is 34.0 Å². The summed E-state index contributed by atoms with van der Waals surface area (Å²) in [5, 5.41) is 52.1. The third-order valence-corrected chi connectivity index (χ3v) is 9.43. The van der Waals surface area contributed by atoms with Gasteiger partial charge in [0.15, 0.2) is 11.5 Å². The number of carbonyl (C=O) groups is 2. The Labute approximate surface area is 318 Å². The van der Waals surface area contributed by atoms with Crippen LogP contribution in [0.15, 0.2) is 109 Å². The first-order valence-corrected chi connectivity index (χ1v) is 17.6. The summed E-state index contributed by atoms with van der Waals surface area (Å²) in [6.45, 7) is 0. The first kappa shape index (κ1) is 36.5. The Morgan fingerprint density at radius 3 is 1.62 bits per heavy atom. The number of nitrogens with two attached hydrogens (primary N) is 1. The number of carbonyl (C=O) groups excluding carboxylic acids is 1. The number of aromatic carboxylic acids is 1. The van der Waals surface area contributed by atoms with E-state index in [1.54, 1.807) is 54.7 Å². The predicted octanol–water partition coefficient (Wildman–Crippen LogP) is 8.44. The predicted molar refractivity (Wildman–Crippen MR) is 207 cm³/mol. The molecule has 0 spiro atoms. The number of benzene rings is 4. The number of carboxylic acids is 1. The molecule has 17 heteroatoms. The normalized spacial score (nSPS) is 10.5. The zero-order valence-electron chi connectivity index (χ0n) is 26.9. The van der Waals surface area contributed by atoms with Gasteiger partial charge in [-0.3, -0.25) is 20.1 Å². The minimum Gasteiger partial charge on any atom is -0.505 e. The lowest BCUT2D eigenvalue weighted by Crippen LogP contribution is -2.12. The van der Waals surface area contributed by atoms with Gasteiger partial charge in [0, 0.05) is 44.3 Å². The Kier molecular flexibility index (Phi) is 11.3. The van der Waals surface area contributed by atoms with Gasteiger partial charge in [0.05, 0.1) is 5.56 Å². The molecule has 0 radical (unpaired) electrons. The highest BCUT2D eigenvalue weighted by molar-refractivity contribution is 7.18. The smallest absolute Gasteiger partial charge is 0.339 e. The highest BCUT2D eigenvalue weighted by atomic mass is 35.5. The number of nitrogen functional groups attached to an aromatic ring is 1. The van der Waals surface area contributed by atoms with Gasteiger partial charge in [0.25, 0.3) is 5.91 Å². The lowest BCUT2D eigenvalue weighted by atomic mass is 10.1. The molecule has 8 rings (SSSR count). The van der Waals surface area contributed by atoms with Crippen molar-refractivity contribution in [1.82, 2.24) is 30.4 Å². The van der Waals surface area contributed by atoms with Gasteiger partial charge in [-0.25, -0.2) is 4.79 Å². The maximum absolute atomic E-state index is 12.5. The monoisotopic (exact) mass is 782 g/mol. The second kappa shape index (κ2) is 16.4. The fraction of sp³-hybridized carbons (Fsp3) is 0. The summed E-state index contributed by atoms with van der Waals surface area (Å²) in [4.78, 5) is 31.2. The number of anilines is 2. The zero-order chi connectivity index (χ0) is 37.5.